The zero-order valence-electron chi connectivity index (χ0n) is 15.5. The molecule has 0 atom stereocenters. The molecule has 0 aliphatic carbocycles. The van der Waals surface area contributed by atoms with Crippen molar-refractivity contribution in [3.8, 4) is 0 Å². The van der Waals surface area contributed by atoms with Gasteiger partial charge in [0.1, 0.15) is 0 Å². The zero-order valence-corrected chi connectivity index (χ0v) is 15.5. The number of carbonyl (C=O) groups is 3. The number of hydrogen-bond acceptors (Lipinski definition) is 4. The molecule has 1 aromatic carbocycles. The molecule has 0 aromatic heterocycles. The summed E-state index contributed by atoms with van der Waals surface area (Å²) in [6, 6.07) is 9.47. The Kier molecular flexibility index (Phi) is 7.59. The SMILES string of the molecule is CC(C)NC(=O)CNC(=O)CN1CCC(C(=O)Nc2ccccc2)CC1. The van der Waals surface area contributed by atoms with Gasteiger partial charge in [0.2, 0.25) is 17.7 Å². The Morgan fingerprint density at radius 3 is 2.35 bits per heavy atom. The van der Waals surface area contributed by atoms with E-state index in [1.807, 2.05) is 49.1 Å². The van der Waals surface area contributed by atoms with Crippen LogP contribution in [0.2, 0.25) is 0 Å². The number of amides is 3. The highest BCUT2D eigenvalue weighted by atomic mass is 16.2. The number of benzene rings is 1. The molecule has 3 N–H and O–H groups in total. The number of likely N-dealkylation sites (tertiary alicyclic amines) is 1. The molecule has 7 heteroatoms. The van der Waals surface area contributed by atoms with Gasteiger partial charge in [-0.15, -0.1) is 0 Å². The average molecular weight is 360 g/mol. The van der Waals surface area contributed by atoms with E-state index in [1.165, 1.54) is 0 Å². The Labute approximate surface area is 154 Å². The van der Waals surface area contributed by atoms with E-state index >= 15 is 0 Å². The zero-order chi connectivity index (χ0) is 18.9. The number of para-hydroxylation sites is 1. The molecule has 1 saturated heterocycles. The minimum absolute atomic E-state index is 0.00698. The third-order valence-electron chi connectivity index (χ3n) is 4.26. The third kappa shape index (κ3) is 6.84. The van der Waals surface area contributed by atoms with Crippen molar-refractivity contribution in [2.75, 3.05) is 31.5 Å². The van der Waals surface area contributed by atoms with Crippen molar-refractivity contribution < 1.29 is 14.4 Å². The first-order valence-corrected chi connectivity index (χ1v) is 9.08. The lowest BCUT2D eigenvalue weighted by atomic mass is 9.96. The number of nitrogens with zero attached hydrogens (tertiary/aromatic N) is 1. The molecule has 7 nitrogen and oxygen atoms in total. The number of hydrogen-bond donors (Lipinski definition) is 3. The Balaban J connectivity index is 1.67. The molecule has 0 unspecified atom stereocenters. The highest BCUT2D eigenvalue weighted by Crippen LogP contribution is 2.19. The topological polar surface area (TPSA) is 90.5 Å². The standard InChI is InChI=1S/C19H28N4O3/c1-14(2)21-17(24)12-20-18(25)13-23-10-8-15(9-11-23)19(26)22-16-6-4-3-5-7-16/h3-7,14-15H,8-13H2,1-2H3,(H,20,25)(H,21,24)(H,22,26). The van der Waals surface area contributed by atoms with Crippen molar-refractivity contribution >= 4 is 23.4 Å². The highest BCUT2D eigenvalue weighted by Gasteiger charge is 2.26. The molecule has 1 fully saturated rings. The van der Waals surface area contributed by atoms with Gasteiger partial charge in [-0.05, 0) is 51.9 Å². The second-order valence-corrected chi connectivity index (χ2v) is 6.90. The van der Waals surface area contributed by atoms with Crippen LogP contribution < -0.4 is 16.0 Å². The van der Waals surface area contributed by atoms with Gasteiger partial charge >= 0.3 is 0 Å². The predicted octanol–water partition coefficient (Wildman–Crippen LogP) is 0.978. The Morgan fingerprint density at radius 2 is 1.73 bits per heavy atom. The van der Waals surface area contributed by atoms with Crippen LogP contribution in [0.3, 0.4) is 0 Å². The maximum absolute atomic E-state index is 12.3. The summed E-state index contributed by atoms with van der Waals surface area (Å²) >= 11 is 0. The van der Waals surface area contributed by atoms with Crippen LogP contribution in [0.25, 0.3) is 0 Å². The van der Waals surface area contributed by atoms with Crippen molar-refractivity contribution in [3.63, 3.8) is 0 Å². The van der Waals surface area contributed by atoms with E-state index in [9.17, 15) is 14.4 Å². The molecule has 0 radical (unpaired) electrons. The summed E-state index contributed by atoms with van der Waals surface area (Å²) in [6.45, 7) is 5.38. The second kappa shape index (κ2) is 9.91. The van der Waals surface area contributed by atoms with E-state index in [0.717, 1.165) is 18.5 Å². The summed E-state index contributed by atoms with van der Waals surface area (Å²) in [5, 5.41) is 8.29. The summed E-state index contributed by atoms with van der Waals surface area (Å²) in [5.41, 5.74) is 0.805. The van der Waals surface area contributed by atoms with E-state index in [0.29, 0.717) is 13.1 Å². The van der Waals surface area contributed by atoms with Crippen LogP contribution in [-0.2, 0) is 14.4 Å². The minimum Gasteiger partial charge on any atom is -0.352 e. The van der Waals surface area contributed by atoms with Gasteiger partial charge in [-0.1, -0.05) is 18.2 Å². The largest absolute Gasteiger partial charge is 0.352 e. The Hall–Kier alpha value is -2.41. The van der Waals surface area contributed by atoms with Crippen LogP contribution >= 0.6 is 0 Å². The molecule has 1 aliphatic heterocycles. The molecule has 26 heavy (non-hydrogen) atoms. The molecule has 1 heterocycles. The van der Waals surface area contributed by atoms with Gasteiger partial charge in [0.25, 0.3) is 0 Å². The normalized spacial score (nSPS) is 15.5. The highest BCUT2D eigenvalue weighted by molar-refractivity contribution is 5.92. The maximum atomic E-state index is 12.3. The number of rotatable bonds is 7. The average Bonchev–Trinajstić information content (AvgIpc) is 2.61. The lowest BCUT2D eigenvalue weighted by molar-refractivity contribution is -0.127. The molecule has 2 rings (SSSR count). The first-order chi connectivity index (χ1) is 12.4. The van der Waals surface area contributed by atoms with E-state index in [4.69, 9.17) is 0 Å². The summed E-state index contributed by atoms with van der Waals surface area (Å²) in [6.07, 6.45) is 1.44. The number of carbonyl (C=O) groups excluding carboxylic acids is 3. The van der Waals surface area contributed by atoms with E-state index in [1.54, 1.807) is 0 Å². The number of nitrogens with one attached hydrogen (secondary N) is 3. The van der Waals surface area contributed by atoms with Crippen molar-refractivity contribution in [1.82, 2.24) is 15.5 Å². The molecular weight excluding hydrogens is 332 g/mol. The van der Waals surface area contributed by atoms with Crippen LogP contribution in [0, 0.1) is 5.92 Å². The first kappa shape index (κ1) is 19.9. The smallest absolute Gasteiger partial charge is 0.239 e. The summed E-state index contributed by atoms with van der Waals surface area (Å²) in [4.78, 5) is 37.8. The number of anilines is 1. The minimum atomic E-state index is -0.190. The van der Waals surface area contributed by atoms with Gasteiger partial charge < -0.3 is 16.0 Å². The third-order valence-corrected chi connectivity index (χ3v) is 4.26. The van der Waals surface area contributed by atoms with Gasteiger partial charge in [0.05, 0.1) is 13.1 Å². The fourth-order valence-electron chi connectivity index (χ4n) is 2.93. The van der Waals surface area contributed by atoms with Gasteiger partial charge in [-0.2, -0.15) is 0 Å². The lowest BCUT2D eigenvalue weighted by Crippen LogP contribution is -2.46. The van der Waals surface area contributed by atoms with Gasteiger partial charge in [-0.3, -0.25) is 19.3 Å². The fourth-order valence-corrected chi connectivity index (χ4v) is 2.93. The molecule has 1 aliphatic rings. The molecule has 1 aromatic rings. The van der Waals surface area contributed by atoms with Crippen LogP contribution in [0.15, 0.2) is 30.3 Å². The van der Waals surface area contributed by atoms with Gasteiger partial charge in [-0.25, -0.2) is 0 Å². The van der Waals surface area contributed by atoms with Crippen molar-refractivity contribution in [3.05, 3.63) is 30.3 Å². The molecule has 0 saturated carbocycles. The van der Waals surface area contributed by atoms with Gasteiger partial charge in [0, 0.05) is 17.6 Å². The van der Waals surface area contributed by atoms with Crippen LogP contribution in [0.1, 0.15) is 26.7 Å². The monoisotopic (exact) mass is 360 g/mol. The second-order valence-electron chi connectivity index (χ2n) is 6.90. The van der Waals surface area contributed by atoms with Crippen LogP contribution in [0.4, 0.5) is 5.69 Å². The number of piperidine rings is 1. The fraction of sp³-hybridized carbons (Fsp3) is 0.526. The molecule has 0 spiro atoms. The molecule has 0 bridgehead atoms. The first-order valence-electron chi connectivity index (χ1n) is 9.08. The summed E-state index contributed by atoms with van der Waals surface area (Å²) in [5.74, 6) is -0.363. The van der Waals surface area contributed by atoms with E-state index in [-0.39, 0.29) is 42.8 Å². The van der Waals surface area contributed by atoms with Crippen molar-refractivity contribution in [2.45, 2.75) is 32.7 Å². The Bertz CT molecular complexity index is 610. The molecule has 142 valence electrons. The predicted molar refractivity (Wildman–Crippen MR) is 101 cm³/mol. The van der Waals surface area contributed by atoms with E-state index < -0.39 is 0 Å². The van der Waals surface area contributed by atoms with E-state index in [2.05, 4.69) is 16.0 Å². The maximum Gasteiger partial charge on any atom is 0.239 e. The summed E-state index contributed by atoms with van der Waals surface area (Å²) in [7, 11) is 0. The molecule has 3 amide bonds. The van der Waals surface area contributed by atoms with Crippen LogP contribution in [0.5, 0.6) is 0 Å². The molecular formula is C19H28N4O3. The van der Waals surface area contributed by atoms with Crippen molar-refractivity contribution in [2.24, 2.45) is 5.92 Å². The van der Waals surface area contributed by atoms with Crippen LogP contribution in [-0.4, -0.2) is 54.8 Å². The summed E-state index contributed by atoms with van der Waals surface area (Å²) < 4.78 is 0. The van der Waals surface area contributed by atoms with Crippen molar-refractivity contribution in [1.29, 1.82) is 0 Å². The quantitative estimate of drug-likeness (QED) is 0.676. The Morgan fingerprint density at radius 1 is 1.08 bits per heavy atom. The lowest BCUT2D eigenvalue weighted by Gasteiger charge is -2.30. The van der Waals surface area contributed by atoms with Gasteiger partial charge in [0.15, 0.2) is 0 Å².